The molecule has 0 radical (unpaired) electrons. The van der Waals surface area contributed by atoms with Crippen LogP contribution in [-0.2, 0) is 0 Å². The lowest BCUT2D eigenvalue weighted by Crippen LogP contribution is -2.48. The highest BCUT2D eigenvalue weighted by Gasteiger charge is 2.20. The number of piperazine rings is 1. The molecule has 100 valence electrons. The van der Waals surface area contributed by atoms with Crippen LogP contribution in [0.4, 0.5) is 0 Å². The quantitative estimate of drug-likeness (QED) is 0.790. The van der Waals surface area contributed by atoms with Gasteiger partial charge in [0.2, 0.25) is 0 Å². The molecule has 2 fully saturated rings. The summed E-state index contributed by atoms with van der Waals surface area (Å²) in [4.78, 5) is 5.26. The zero-order valence-corrected chi connectivity index (χ0v) is 11.2. The minimum absolute atomic E-state index is 0.836. The van der Waals surface area contributed by atoms with Gasteiger partial charge < -0.3 is 15.5 Å². The molecule has 0 bridgehead atoms. The summed E-state index contributed by atoms with van der Waals surface area (Å²) in [6.07, 6.45) is 8.54. The molecule has 0 aromatic rings. The Labute approximate surface area is 106 Å². The fourth-order valence-electron chi connectivity index (χ4n) is 3.25. The number of nitrogens with zero attached hydrogens (tertiary/aromatic N) is 2. The number of hydrogen-bond donors (Lipinski definition) is 1. The molecule has 3 nitrogen and oxygen atoms in total. The molecule has 1 heterocycles. The molecule has 3 heteroatoms. The lowest BCUT2D eigenvalue weighted by Gasteiger charge is -2.37. The Kier molecular flexibility index (Phi) is 5.75. The maximum absolute atomic E-state index is 5.56. The van der Waals surface area contributed by atoms with Crippen LogP contribution in [0.2, 0.25) is 0 Å². The summed E-state index contributed by atoms with van der Waals surface area (Å²) in [5.74, 6) is 0.999. The highest BCUT2D eigenvalue weighted by atomic mass is 15.3. The number of hydrogen-bond acceptors (Lipinski definition) is 3. The van der Waals surface area contributed by atoms with E-state index in [0.29, 0.717) is 0 Å². The van der Waals surface area contributed by atoms with Crippen LogP contribution in [0.1, 0.15) is 38.5 Å². The molecule has 0 aromatic heterocycles. The lowest BCUT2D eigenvalue weighted by molar-refractivity contribution is 0.109. The fourth-order valence-corrected chi connectivity index (χ4v) is 3.25. The second-order valence-corrected chi connectivity index (χ2v) is 5.79. The van der Waals surface area contributed by atoms with E-state index in [-0.39, 0.29) is 0 Å². The van der Waals surface area contributed by atoms with E-state index >= 15 is 0 Å². The number of nitrogens with two attached hydrogens (primary N) is 1. The Balaban J connectivity index is 1.61. The van der Waals surface area contributed by atoms with Gasteiger partial charge in [-0.2, -0.15) is 0 Å². The van der Waals surface area contributed by atoms with Crippen LogP contribution in [0.5, 0.6) is 0 Å². The normalized spacial score (nSPS) is 25.2. The first kappa shape index (κ1) is 13.3. The van der Waals surface area contributed by atoms with Crippen molar-refractivity contribution < 1.29 is 0 Å². The second-order valence-electron chi connectivity index (χ2n) is 5.79. The standard InChI is InChI=1S/C14H29N3/c15-7-4-8-16-9-11-17(12-10-16)13-14-5-2-1-3-6-14/h14H,1-13,15H2. The van der Waals surface area contributed by atoms with Gasteiger partial charge in [0.05, 0.1) is 0 Å². The Morgan fingerprint density at radius 1 is 0.882 bits per heavy atom. The Hall–Kier alpha value is -0.120. The Bertz CT molecular complexity index is 194. The van der Waals surface area contributed by atoms with Gasteiger partial charge in [-0.05, 0) is 38.3 Å². The highest BCUT2D eigenvalue weighted by Crippen LogP contribution is 2.24. The molecule has 2 N–H and O–H groups in total. The molecule has 2 rings (SSSR count). The van der Waals surface area contributed by atoms with E-state index in [9.17, 15) is 0 Å². The van der Waals surface area contributed by atoms with E-state index in [2.05, 4.69) is 9.80 Å². The van der Waals surface area contributed by atoms with Crippen molar-refractivity contribution in [3.8, 4) is 0 Å². The van der Waals surface area contributed by atoms with Crippen LogP contribution in [-0.4, -0.2) is 55.6 Å². The van der Waals surface area contributed by atoms with Crippen LogP contribution >= 0.6 is 0 Å². The molecular formula is C14H29N3. The Morgan fingerprint density at radius 2 is 1.53 bits per heavy atom. The zero-order chi connectivity index (χ0) is 11.9. The van der Waals surface area contributed by atoms with E-state index in [0.717, 1.165) is 18.9 Å². The van der Waals surface area contributed by atoms with Crippen LogP contribution < -0.4 is 5.73 Å². The SMILES string of the molecule is NCCCN1CCN(CC2CCCCC2)CC1. The minimum Gasteiger partial charge on any atom is -0.330 e. The third-order valence-electron chi connectivity index (χ3n) is 4.38. The summed E-state index contributed by atoms with van der Waals surface area (Å²) in [6.45, 7) is 8.47. The average Bonchev–Trinajstić information content (AvgIpc) is 2.39. The Morgan fingerprint density at radius 3 is 2.18 bits per heavy atom. The van der Waals surface area contributed by atoms with Crippen LogP contribution in [0.25, 0.3) is 0 Å². The van der Waals surface area contributed by atoms with E-state index in [1.165, 1.54) is 71.4 Å². The molecule has 1 aliphatic carbocycles. The minimum atomic E-state index is 0.836. The molecule has 0 atom stereocenters. The van der Waals surface area contributed by atoms with Crippen LogP contribution in [0.3, 0.4) is 0 Å². The van der Waals surface area contributed by atoms with Gasteiger partial charge in [-0.3, -0.25) is 0 Å². The van der Waals surface area contributed by atoms with E-state index < -0.39 is 0 Å². The summed E-state index contributed by atoms with van der Waals surface area (Å²) in [7, 11) is 0. The van der Waals surface area contributed by atoms with Crippen molar-refractivity contribution in [3.05, 3.63) is 0 Å². The molecule has 1 saturated carbocycles. The summed E-state index contributed by atoms with van der Waals surface area (Å²) >= 11 is 0. The molecule has 2 aliphatic rings. The van der Waals surface area contributed by atoms with Crippen molar-refractivity contribution in [1.29, 1.82) is 0 Å². The molecule has 0 spiro atoms. The molecule has 1 aliphatic heterocycles. The van der Waals surface area contributed by atoms with Crippen molar-refractivity contribution >= 4 is 0 Å². The van der Waals surface area contributed by atoms with Gasteiger partial charge in [-0.25, -0.2) is 0 Å². The maximum atomic E-state index is 5.56. The molecule has 17 heavy (non-hydrogen) atoms. The molecule has 0 aromatic carbocycles. The van der Waals surface area contributed by atoms with Crippen molar-refractivity contribution in [1.82, 2.24) is 9.80 Å². The van der Waals surface area contributed by atoms with Crippen LogP contribution in [0, 0.1) is 5.92 Å². The summed E-state index contributed by atoms with van der Waals surface area (Å²) in [5, 5.41) is 0. The van der Waals surface area contributed by atoms with Gasteiger partial charge >= 0.3 is 0 Å². The first-order valence-corrected chi connectivity index (χ1v) is 7.53. The van der Waals surface area contributed by atoms with Gasteiger partial charge in [0.1, 0.15) is 0 Å². The first-order chi connectivity index (χ1) is 8.38. The van der Waals surface area contributed by atoms with Gasteiger partial charge in [0.25, 0.3) is 0 Å². The van der Waals surface area contributed by atoms with Crippen molar-refractivity contribution in [2.75, 3.05) is 45.8 Å². The molecular weight excluding hydrogens is 210 g/mol. The molecule has 1 saturated heterocycles. The lowest BCUT2D eigenvalue weighted by atomic mass is 9.89. The van der Waals surface area contributed by atoms with Crippen molar-refractivity contribution in [2.45, 2.75) is 38.5 Å². The summed E-state index contributed by atoms with van der Waals surface area (Å²) in [6, 6.07) is 0. The summed E-state index contributed by atoms with van der Waals surface area (Å²) < 4.78 is 0. The zero-order valence-electron chi connectivity index (χ0n) is 11.2. The summed E-state index contributed by atoms with van der Waals surface area (Å²) in [5.41, 5.74) is 5.56. The van der Waals surface area contributed by atoms with Crippen molar-refractivity contribution in [3.63, 3.8) is 0 Å². The third kappa shape index (κ3) is 4.57. The average molecular weight is 239 g/mol. The predicted molar refractivity (Wildman–Crippen MR) is 73.1 cm³/mol. The highest BCUT2D eigenvalue weighted by molar-refractivity contribution is 4.76. The van der Waals surface area contributed by atoms with E-state index in [4.69, 9.17) is 5.73 Å². The first-order valence-electron chi connectivity index (χ1n) is 7.53. The topological polar surface area (TPSA) is 32.5 Å². The smallest absolute Gasteiger partial charge is 0.0110 e. The monoisotopic (exact) mass is 239 g/mol. The predicted octanol–water partition coefficient (Wildman–Crippen LogP) is 1.53. The van der Waals surface area contributed by atoms with Gasteiger partial charge in [-0.15, -0.1) is 0 Å². The second kappa shape index (κ2) is 7.34. The maximum Gasteiger partial charge on any atom is 0.0110 e. The largest absolute Gasteiger partial charge is 0.330 e. The van der Waals surface area contributed by atoms with Crippen molar-refractivity contribution in [2.24, 2.45) is 11.7 Å². The third-order valence-corrected chi connectivity index (χ3v) is 4.38. The van der Waals surface area contributed by atoms with E-state index in [1.807, 2.05) is 0 Å². The fraction of sp³-hybridized carbons (Fsp3) is 1.00. The molecule has 0 amide bonds. The van der Waals surface area contributed by atoms with Gasteiger partial charge in [0.15, 0.2) is 0 Å². The molecule has 0 unspecified atom stereocenters. The number of rotatable bonds is 5. The van der Waals surface area contributed by atoms with Gasteiger partial charge in [0, 0.05) is 32.7 Å². The van der Waals surface area contributed by atoms with Crippen LogP contribution in [0.15, 0.2) is 0 Å². The van der Waals surface area contributed by atoms with E-state index in [1.54, 1.807) is 0 Å². The van der Waals surface area contributed by atoms with Gasteiger partial charge in [-0.1, -0.05) is 19.3 Å².